The van der Waals surface area contributed by atoms with E-state index in [4.69, 9.17) is 14.2 Å². The zero-order valence-corrected chi connectivity index (χ0v) is 13.1. The largest absolute Gasteiger partial charge is 0.374 e. The van der Waals surface area contributed by atoms with E-state index in [0.717, 1.165) is 5.56 Å². The maximum absolute atomic E-state index is 5.99. The molecule has 3 rings (SSSR count). The van der Waals surface area contributed by atoms with Crippen molar-refractivity contribution in [3.8, 4) is 0 Å². The first kappa shape index (κ1) is 15.9. The summed E-state index contributed by atoms with van der Waals surface area (Å²) in [7, 11) is 0. The fraction of sp³-hybridized carbons (Fsp3) is 0.300. The molecule has 3 nitrogen and oxygen atoms in total. The molecule has 3 heteroatoms. The summed E-state index contributed by atoms with van der Waals surface area (Å²) in [6.07, 6.45) is 3.94. The van der Waals surface area contributed by atoms with Crippen molar-refractivity contribution in [3.05, 3.63) is 83.9 Å². The fourth-order valence-corrected chi connectivity index (χ4v) is 2.53. The van der Waals surface area contributed by atoms with Gasteiger partial charge in [0.2, 0.25) is 0 Å². The lowest BCUT2D eigenvalue weighted by molar-refractivity contribution is -0.0944. The van der Waals surface area contributed by atoms with Crippen LogP contribution in [0.4, 0.5) is 0 Å². The summed E-state index contributed by atoms with van der Waals surface area (Å²) in [5.41, 5.74) is 2.33. The summed E-state index contributed by atoms with van der Waals surface area (Å²) in [4.78, 5) is 0. The highest BCUT2D eigenvalue weighted by Crippen LogP contribution is 2.15. The van der Waals surface area contributed by atoms with Gasteiger partial charge in [-0.25, -0.2) is 0 Å². The number of hydrogen-bond donors (Lipinski definition) is 0. The highest BCUT2D eigenvalue weighted by Gasteiger charge is 2.23. The molecular weight excluding hydrogens is 288 g/mol. The van der Waals surface area contributed by atoms with Gasteiger partial charge in [-0.2, -0.15) is 0 Å². The maximum atomic E-state index is 5.99. The molecule has 120 valence electrons. The normalized spacial score (nSPS) is 20.5. The predicted octanol–water partition coefficient (Wildman–Crippen LogP) is 3.74. The van der Waals surface area contributed by atoms with Crippen LogP contribution in [0.15, 0.2) is 72.8 Å². The summed E-state index contributed by atoms with van der Waals surface area (Å²) < 4.78 is 17.6. The fourth-order valence-electron chi connectivity index (χ4n) is 2.53. The Morgan fingerprint density at radius 2 is 1.52 bits per heavy atom. The number of benzene rings is 2. The van der Waals surface area contributed by atoms with Gasteiger partial charge < -0.3 is 14.2 Å². The molecule has 0 saturated heterocycles. The van der Waals surface area contributed by atoms with Gasteiger partial charge in [0.15, 0.2) is 0 Å². The van der Waals surface area contributed by atoms with Gasteiger partial charge in [0.05, 0.1) is 26.4 Å². The molecule has 0 unspecified atom stereocenters. The third kappa shape index (κ3) is 5.03. The van der Waals surface area contributed by atoms with E-state index in [1.165, 1.54) is 5.56 Å². The smallest absolute Gasteiger partial charge is 0.111 e. The number of hydrogen-bond acceptors (Lipinski definition) is 3. The summed E-state index contributed by atoms with van der Waals surface area (Å²) in [6, 6.07) is 20.3. The van der Waals surface area contributed by atoms with E-state index in [1.807, 2.05) is 42.5 Å². The average molecular weight is 310 g/mol. The average Bonchev–Trinajstić information content (AvgIpc) is 2.63. The van der Waals surface area contributed by atoms with Crippen molar-refractivity contribution >= 4 is 0 Å². The van der Waals surface area contributed by atoms with Crippen LogP contribution in [0.25, 0.3) is 0 Å². The summed E-state index contributed by atoms with van der Waals surface area (Å²) in [6.45, 7) is 2.31. The van der Waals surface area contributed by atoms with Crippen LogP contribution in [0.1, 0.15) is 11.1 Å². The number of ether oxygens (including phenoxy) is 3. The van der Waals surface area contributed by atoms with Gasteiger partial charge in [0.25, 0.3) is 0 Å². The van der Waals surface area contributed by atoms with Crippen molar-refractivity contribution in [2.75, 3.05) is 13.2 Å². The molecule has 0 aliphatic carbocycles. The molecule has 2 aromatic carbocycles. The van der Waals surface area contributed by atoms with Crippen molar-refractivity contribution in [1.29, 1.82) is 0 Å². The Morgan fingerprint density at radius 1 is 0.870 bits per heavy atom. The van der Waals surface area contributed by atoms with Crippen LogP contribution in [0, 0.1) is 0 Å². The van der Waals surface area contributed by atoms with Crippen molar-refractivity contribution in [1.82, 2.24) is 0 Å². The van der Waals surface area contributed by atoms with Crippen LogP contribution in [0.5, 0.6) is 0 Å². The van der Waals surface area contributed by atoms with Crippen LogP contribution in [0.2, 0.25) is 0 Å². The summed E-state index contributed by atoms with van der Waals surface area (Å²) >= 11 is 0. The standard InChI is InChI=1S/C20H22O3/c1-3-8-17(9-4-1)14-21-16-20-19(12-7-13-22-20)23-15-18-10-5-2-6-11-18/h1-12,19-20H,13-16H2/t19-,20-/m1/s1. The second-order valence-corrected chi connectivity index (χ2v) is 5.56. The molecule has 0 saturated carbocycles. The molecule has 2 atom stereocenters. The molecule has 0 radical (unpaired) electrons. The van der Waals surface area contributed by atoms with Gasteiger partial charge in [-0.15, -0.1) is 0 Å². The van der Waals surface area contributed by atoms with Gasteiger partial charge in [0, 0.05) is 0 Å². The van der Waals surface area contributed by atoms with Crippen LogP contribution in [0.3, 0.4) is 0 Å². The predicted molar refractivity (Wildman–Crippen MR) is 90.0 cm³/mol. The highest BCUT2D eigenvalue weighted by atomic mass is 16.6. The van der Waals surface area contributed by atoms with Crippen molar-refractivity contribution < 1.29 is 14.2 Å². The van der Waals surface area contributed by atoms with Crippen molar-refractivity contribution in [3.63, 3.8) is 0 Å². The Bertz CT molecular complexity index is 595. The molecule has 1 aliphatic heterocycles. The van der Waals surface area contributed by atoms with E-state index in [9.17, 15) is 0 Å². The topological polar surface area (TPSA) is 27.7 Å². The molecule has 23 heavy (non-hydrogen) atoms. The lowest BCUT2D eigenvalue weighted by Crippen LogP contribution is -2.36. The van der Waals surface area contributed by atoms with Crippen LogP contribution >= 0.6 is 0 Å². The molecule has 1 heterocycles. The third-order valence-electron chi connectivity index (χ3n) is 3.78. The molecule has 0 spiro atoms. The Labute approximate surface area is 137 Å². The van der Waals surface area contributed by atoms with E-state index in [2.05, 4.69) is 30.3 Å². The summed E-state index contributed by atoms with van der Waals surface area (Å²) in [5, 5.41) is 0. The number of rotatable bonds is 7. The minimum absolute atomic E-state index is 0.0626. The molecular formula is C20H22O3. The van der Waals surface area contributed by atoms with Gasteiger partial charge in [0.1, 0.15) is 12.2 Å². The highest BCUT2D eigenvalue weighted by molar-refractivity contribution is 5.14. The van der Waals surface area contributed by atoms with Gasteiger partial charge in [-0.3, -0.25) is 0 Å². The second-order valence-electron chi connectivity index (χ2n) is 5.56. The van der Waals surface area contributed by atoms with E-state index in [-0.39, 0.29) is 12.2 Å². The quantitative estimate of drug-likeness (QED) is 0.729. The lowest BCUT2D eigenvalue weighted by atomic mass is 10.1. The van der Waals surface area contributed by atoms with Gasteiger partial charge in [-0.05, 0) is 11.1 Å². The first-order chi connectivity index (χ1) is 11.4. The van der Waals surface area contributed by atoms with E-state index < -0.39 is 0 Å². The third-order valence-corrected chi connectivity index (χ3v) is 3.78. The molecule has 0 fully saturated rings. The van der Waals surface area contributed by atoms with Crippen molar-refractivity contribution in [2.45, 2.75) is 25.4 Å². The lowest BCUT2D eigenvalue weighted by Gasteiger charge is -2.28. The zero-order valence-electron chi connectivity index (χ0n) is 13.1. The van der Waals surface area contributed by atoms with Crippen molar-refractivity contribution in [2.24, 2.45) is 0 Å². The first-order valence-corrected chi connectivity index (χ1v) is 7.97. The SMILES string of the molecule is C1=C[C@@H](OCc2ccccc2)[C@@H](COCc2ccccc2)OC1. The second kappa shape index (κ2) is 8.63. The maximum Gasteiger partial charge on any atom is 0.111 e. The Kier molecular flexibility index (Phi) is 5.98. The Morgan fingerprint density at radius 3 is 2.22 bits per heavy atom. The van der Waals surface area contributed by atoms with Crippen LogP contribution < -0.4 is 0 Å². The Hall–Kier alpha value is -1.94. The minimum atomic E-state index is -0.0697. The molecule has 0 aromatic heterocycles. The van der Waals surface area contributed by atoms with Gasteiger partial charge >= 0.3 is 0 Å². The van der Waals surface area contributed by atoms with E-state index >= 15 is 0 Å². The van der Waals surface area contributed by atoms with E-state index in [0.29, 0.717) is 26.4 Å². The van der Waals surface area contributed by atoms with E-state index in [1.54, 1.807) is 0 Å². The van der Waals surface area contributed by atoms with Crippen LogP contribution in [-0.4, -0.2) is 25.4 Å². The van der Waals surface area contributed by atoms with Crippen LogP contribution in [-0.2, 0) is 27.4 Å². The monoisotopic (exact) mass is 310 g/mol. The molecule has 0 N–H and O–H groups in total. The molecule has 1 aliphatic rings. The first-order valence-electron chi connectivity index (χ1n) is 7.97. The Balaban J connectivity index is 1.48. The molecule has 0 amide bonds. The molecule has 0 bridgehead atoms. The minimum Gasteiger partial charge on any atom is -0.374 e. The summed E-state index contributed by atoms with van der Waals surface area (Å²) in [5.74, 6) is 0. The zero-order chi connectivity index (χ0) is 15.7. The van der Waals surface area contributed by atoms with Gasteiger partial charge in [-0.1, -0.05) is 72.8 Å². The molecule has 2 aromatic rings.